The molecule has 1 saturated carbocycles. The predicted octanol–water partition coefficient (Wildman–Crippen LogP) is 2.06. The number of hydrogen-bond acceptors (Lipinski definition) is 3. The number of ether oxygens (including phenoxy) is 2. The molecular formula is C12H23F2NO2. The minimum Gasteiger partial charge on any atom is -0.382 e. The molecule has 2 atom stereocenters. The van der Waals surface area contributed by atoms with Crippen LogP contribution in [0.15, 0.2) is 0 Å². The molecule has 0 aromatic carbocycles. The molecule has 3 nitrogen and oxygen atoms in total. The van der Waals surface area contributed by atoms with E-state index in [1.165, 1.54) is 0 Å². The number of methoxy groups -OCH3 is 2. The second kappa shape index (κ2) is 7.24. The lowest BCUT2D eigenvalue weighted by Gasteiger charge is -2.29. The zero-order chi connectivity index (χ0) is 12.7. The van der Waals surface area contributed by atoms with Crippen LogP contribution in [0.25, 0.3) is 0 Å². The quantitative estimate of drug-likeness (QED) is 0.751. The van der Waals surface area contributed by atoms with E-state index < -0.39 is 5.92 Å². The van der Waals surface area contributed by atoms with Crippen molar-refractivity contribution in [3.05, 3.63) is 0 Å². The van der Waals surface area contributed by atoms with Crippen LogP contribution in [0.5, 0.6) is 0 Å². The highest BCUT2D eigenvalue weighted by Crippen LogP contribution is 2.36. The number of halogens is 2. The largest absolute Gasteiger partial charge is 0.382 e. The van der Waals surface area contributed by atoms with Crippen LogP contribution in [0.3, 0.4) is 0 Å². The van der Waals surface area contributed by atoms with E-state index in [1.807, 2.05) is 0 Å². The van der Waals surface area contributed by atoms with Gasteiger partial charge in [0.2, 0.25) is 5.92 Å². The van der Waals surface area contributed by atoms with Crippen molar-refractivity contribution in [1.29, 1.82) is 0 Å². The first kappa shape index (κ1) is 14.8. The lowest BCUT2D eigenvalue weighted by molar-refractivity contribution is -0.0525. The first-order chi connectivity index (χ1) is 8.07. The van der Waals surface area contributed by atoms with Gasteiger partial charge in [-0.25, -0.2) is 8.78 Å². The van der Waals surface area contributed by atoms with Crippen molar-refractivity contribution < 1.29 is 18.3 Å². The summed E-state index contributed by atoms with van der Waals surface area (Å²) in [4.78, 5) is 0. The van der Waals surface area contributed by atoms with Crippen LogP contribution in [-0.2, 0) is 9.47 Å². The van der Waals surface area contributed by atoms with Crippen molar-refractivity contribution in [3.8, 4) is 0 Å². The molecule has 0 heterocycles. The maximum Gasteiger partial charge on any atom is 0.248 e. The monoisotopic (exact) mass is 251 g/mol. The highest BCUT2D eigenvalue weighted by Gasteiger charge is 2.35. The Morgan fingerprint density at radius 2 is 2.18 bits per heavy atom. The Balaban J connectivity index is 2.17. The third kappa shape index (κ3) is 5.75. The van der Waals surface area contributed by atoms with Gasteiger partial charge in [-0.2, -0.15) is 0 Å². The maximum atomic E-state index is 13.2. The van der Waals surface area contributed by atoms with E-state index in [0.29, 0.717) is 26.1 Å². The van der Waals surface area contributed by atoms with Crippen LogP contribution < -0.4 is 5.32 Å². The van der Waals surface area contributed by atoms with Gasteiger partial charge in [-0.05, 0) is 25.3 Å². The average molecular weight is 251 g/mol. The number of nitrogens with one attached hydrogen (secondary N) is 1. The van der Waals surface area contributed by atoms with Crippen LogP contribution in [0.2, 0.25) is 0 Å². The molecule has 5 heteroatoms. The Bertz CT molecular complexity index is 215. The summed E-state index contributed by atoms with van der Waals surface area (Å²) in [6.07, 6.45) is 1.58. The topological polar surface area (TPSA) is 30.5 Å². The van der Waals surface area contributed by atoms with E-state index in [2.05, 4.69) is 5.32 Å². The van der Waals surface area contributed by atoms with Crippen molar-refractivity contribution in [3.63, 3.8) is 0 Å². The zero-order valence-corrected chi connectivity index (χ0v) is 10.7. The number of hydrogen-bond donors (Lipinski definition) is 1. The molecule has 2 unspecified atom stereocenters. The van der Waals surface area contributed by atoms with E-state index in [0.717, 1.165) is 6.42 Å². The Morgan fingerprint density at radius 3 is 2.76 bits per heavy atom. The molecule has 0 amide bonds. The van der Waals surface area contributed by atoms with Gasteiger partial charge < -0.3 is 14.8 Å². The summed E-state index contributed by atoms with van der Waals surface area (Å²) in [6.45, 7) is 1.80. The Kier molecular flexibility index (Phi) is 6.30. The molecule has 0 aliphatic heterocycles. The Morgan fingerprint density at radius 1 is 1.41 bits per heavy atom. The molecule has 1 rings (SSSR count). The first-order valence-corrected chi connectivity index (χ1v) is 6.17. The van der Waals surface area contributed by atoms with Gasteiger partial charge in [-0.3, -0.25) is 0 Å². The molecule has 0 bridgehead atoms. The van der Waals surface area contributed by atoms with Gasteiger partial charge >= 0.3 is 0 Å². The smallest absolute Gasteiger partial charge is 0.248 e. The van der Waals surface area contributed by atoms with Crippen molar-refractivity contribution in [2.45, 2.75) is 37.7 Å². The SMILES string of the molecule is COCC(CNCC1CCCC(F)(F)C1)OC. The van der Waals surface area contributed by atoms with Gasteiger partial charge in [0.05, 0.1) is 12.7 Å². The van der Waals surface area contributed by atoms with E-state index in [9.17, 15) is 8.78 Å². The fourth-order valence-corrected chi connectivity index (χ4v) is 2.29. The fourth-order valence-electron chi connectivity index (χ4n) is 2.29. The molecular weight excluding hydrogens is 228 g/mol. The molecule has 0 aromatic rings. The van der Waals surface area contributed by atoms with Crippen LogP contribution in [0, 0.1) is 5.92 Å². The summed E-state index contributed by atoms with van der Waals surface area (Å²) in [7, 11) is 3.24. The summed E-state index contributed by atoms with van der Waals surface area (Å²) >= 11 is 0. The van der Waals surface area contributed by atoms with Gasteiger partial charge in [0, 0.05) is 33.6 Å². The minimum atomic E-state index is -2.46. The van der Waals surface area contributed by atoms with Crippen LogP contribution >= 0.6 is 0 Å². The lowest BCUT2D eigenvalue weighted by Crippen LogP contribution is -2.37. The Hall–Kier alpha value is -0.260. The van der Waals surface area contributed by atoms with Crippen molar-refractivity contribution in [1.82, 2.24) is 5.32 Å². The Labute approximate surface area is 102 Å². The minimum absolute atomic E-state index is 0.0101. The first-order valence-electron chi connectivity index (χ1n) is 6.17. The maximum absolute atomic E-state index is 13.2. The summed E-state index contributed by atoms with van der Waals surface area (Å²) in [5.41, 5.74) is 0. The summed E-state index contributed by atoms with van der Waals surface area (Å²) in [5, 5.41) is 3.19. The van der Waals surface area contributed by atoms with Gasteiger partial charge in [-0.1, -0.05) is 0 Å². The average Bonchev–Trinajstić information content (AvgIpc) is 2.26. The van der Waals surface area contributed by atoms with E-state index in [4.69, 9.17) is 9.47 Å². The molecule has 1 aliphatic carbocycles. The molecule has 0 radical (unpaired) electrons. The highest BCUT2D eigenvalue weighted by molar-refractivity contribution is 4.79. The number of alkyl halides is 2. The zero-order valence-electron chi connectivity index (χ0n) is 10.7. The van der Waals surface area contributed by atoms with Crippen molar-refractivity contribution >= 4 is 0 Å². The summed E-state index contributed by atoms with van der Waals surface area (Å²) < 4.78 is 36.5. The second-order valence-electron chi connectivity index (χ2n) is 4.79. The van der Waals surface area contributed by atoms with Crippen molar-refractivity contribution in [2.75, 3.05) is 33.9 Å². The van der Waals surface area contributed by atoms with E-state index in [1.54, 1.807) is 14.2 Å². The van der Waals surface area contributed by atoms with E-state index in [-0.39, 0.29) is 24.9 Å². The molecule has 1 aliphatic rings. The van der Waals surface area contributed by atoms with Crippen LogP contribution in [-0.4, -0.2) is 45.9 Å². The highest BCUT2D eigenvalue weighted by atomic mass is 19.3. The molecule has 102 valence electrons. The van der Waals surface area contributed by atoms with Gasteiger partial charge in [-0.15, -0.1) is 0 Å². The third-order valence-corrected chi connectivity index (χ3v) is 3.23. The molecule has 0 spiro atoms. The molecule has 1 N–H and O–H groups in total. The van der Waals surface area contributed by atoms with Crippen molar-refractivity contribution in [2.24, 2.45) is 5.92 Å². The van der Waals surface area contributed by atoms with Crippen LogP contribution in [0.4, 0.5) is 8.78 Å². The lowest BCUT2D eigenvalue weighted by atomic mass is 9.86. The van der Waals surface area contributed by atoms with Gasteiger partial charge in [0.25, 0.3) is 0 Å². The normalized spacial score (nSPS) is 25.8. The van der Waals surface area contributed by atoms with E-state index >= 15 is 0 Å². The number of rotatable bonds is 7. The van der Waals surface area contributed by atoms with Gasteiger partial charge in [0.15, 0.2) is 0 Å². The van der Waals surface area contributed by atoms with Crippen LogP contribution in [0.1, 0.15) is 25.7 Å². The standard InChI is InChI=1S/C12H23F2NO2/c1-16-9-11(17-2)8-15-7-10-4-3-5-12(13,14)6-10/h10-11,15H,3-9H2,1-2H3. The summed E-state index contributed by atoms with van der Waals surface area (Å²) in [5.74, 6) is -2.38. The molecule has 0 saturated heterocycles. The third-order valence-electron chi connectivity index (χ3n) is 3.23. The second-order valence-corrected chi connectivity index (χ2v) is 4.79. The van der Waals surface area contributed by atoms with Gasteiger partial charge in [0.1, 0.15) is 0 Å². The summed E-state index contributed by atoms with van der Waals surface area (Å²) in [6, 6.07) is 0. The predicted molar refractivity (Wildman–Crippen MR) is 62.4 cm³/mol. The fraction of sp³-hybridized carbons (Fsp3) is 1.00. The molecule has 17 heavy (non-hydrogen) atoms. The molecule has 0 aromatic heterocycles. The molecule has 1 fully saturated rings.